The van der Waals surface area contributed by atoms with Gasteiger partial charge in [-0.2, -0.15) is 0 Å². The van der Waals surface area contributed by atoms with Crippen LogP contribution >= 0.6 is 24.0 Å². The number of rotatable bonds is 3. The summed E-state index contributed by atoms with van der Waals surface area (Å²) in [7, 11) is 0. The molecule has 0 saturated carbocycles. The van der Waals surface area contributed by atoms with E-state index in [1.54, 1.807) is 0 Å². The monoisotopic (exact) mass is 218 g/mol. The van der Waals surface area contributed by atoms with Crippen LogP contribution in [0.25, 0.3) is 0 Å². The zero-order valence-electron chi connectivity index (χ0n) is 8.21. The lowest BCUT2D eigenvalue weighted by molar-refractivity contribution is 0.368. The number of hydrogen-bond donors (Lipinski definition) is 1. The van der Waals surface area contributed by atoms with Gasteiger partial charge in [0.05, 0.1) is 0 Å². The van der Waals surface area contributed by atoms with Crippen LogP contribution in [0.3, 0.4) is 0 Å². The number of nitrogens with one attached hydrogen (secondary N) is 1. The summed E-state index contributed by atoms with van der Waals surface area (Å²) >= 11 is 7.19. The first-order valence-corrected chi connectivity index (χ1v) is 6.36. The topological polar surface area (TPSA) is 15.3 Å². The Morgan fingerprint density at radius 1 is 1.46 bits per heavy atom. The molecule has 0 aromatic heterocycles. The second kappa shape index (κ2) is 6.62. The van der Waals surface area contributed by atoms with Gasteiger partial charge in [-0.05, 0) is 6.42 Å². The van der Waals surface area contributed by atoms with E-state index in [0.717, 1.165) is 30.5 Å². The van der Waals surface area contributed by atoms with Gasteiger partial charge in [-0.15, -0.1) is 0 Å². The van der Waals surface area contributed by atoms with Crippen molar-refractivity contribution in [2.24, 2.45) is 0 Å². The second-order valence-electron chi connectivity index (χ2n) is 3.20. The molecule has 1 N–H and O–H groups in total. The molecule has 1 aliphatic rings. The van der Waals surface area contributed by atoms with Crippen LogP contribution in [0.15, 0.2) is 0 Å². The number of hydrogen-bond acceptors (Lipinski definition) is 3. The van der Waals surface area contributed by atoms with Gasteiger partial charge in [-0.1, -0.05) is 37.3 Å². The molecule has 0 unspecified atom stereocenters. The fraction of sp³-hybridized carbons (Fsp3) is 0.889. The molecule has 0 radical (unpaired) electrons. The molecule has 1 rings (SSSR count). The maximum absolute atomic E-state index is 5.35. The number of unbranched alkanes of at least 4 members (excludes halogenated alkanes) is 1. The minimum atomic E-state index is 1.08. The Balaban J connectivity index is 2.13. The first-order chi connectivity index (χ1) is 6.34. The predicted molar refractivity (Wildman–Crippen MR) is 64.4 cm³/mol. The Labute approximate surface area is 90.4 Å². The van der Waals surface area contributed by atoms with Gasteiger partial charge in [-0.3, -0.25) is 0 Å². The molecule has 0 atom stereocenters. The first kappa shape index (κ1) is 11.3. The third kappa shape index (κ3) is 4.29. The van der Waals surface area contributed by atoms with Crippen LogP contribution in [0, 0.1) is 0 Å². The van der Waals surface area contributed by atoms with E-state index in [4.69, 9.17) is 12.2 Å². The van der Waals surface area contributed by atoms with Crippen LogP contribution < -0.4 is 5.32 Å². The van der Waals surface area contributed by atoms with Crippen LogP contribution in [-0.2, 0) is 0 Å². The molecular formula is C9H18N2S2. The molecule has 0 aliphatic carbocycles. The molecule has 0 spiro atoms. The van der Waals surface area contributed by atoms with Gasteiger partial charge >= 0.3 is 0 Å². The Kier molecular flexibility index (Phi) is 5.75. The lowest BCUT2D eigenvalue weighted by Gasteiger charge is -2.29. The van der Waals surface area contributed by atoms with Crippen molar-refractivity contribution in [3.05, 3.63) is 0 Å². The highest BCUT2D eigenvalue weighted by molar-refractivity contribution is 8.22. The standard InChI is InChI=1S/C9H18N2S2/c1-2-3-8-13-9(12)11-6-4-10-5-7-11/h10H,2-8H2,1H3. The van der Waals surface area contributed by atoms with Crippen molar-refractivity contribution in [2.75, 3.05) is 31.9 Å². The minimum Gasteiger partial charge on any atom is -0.355 e. The van der Waals surface area contributed by atoms with Crippen LogP contribution in [0.4, 0.5) is 0 Å². The summed E-state index contributed by atoms with van der Waals surface area (Å²) in [5.74, 6) is 1.18. The van der Waals surface area contributed by atoms with E-state index in [1.807, 2.05) is 11.8 Å². The highest BCUT2D eigenvalue weighted by Crippen LogP contribution is 2.12. The number of nitrogens with zero attached hydrogens (tertiary/aromatic N) is 1. The van der Waals surface area contributed by atoms with Gasteiger partial charge in [0.1, 0.15) is 4.32 Å². The van der Waals surface area contributed by atoms with Crippen LogP contribution in [0.5, 0.6) is 0 Å². The average molecular weight is 218 g/mol. The smallest absolute Gasteiger partial charge is 0.136 e. The van der Waals surface area contributed by atoms with E-state index in [0.29, 0.717) is 0 Å². The third-order valence-corrected chi connectivity index (χ3v) is 3.71. The molecule has 1 aliphatic heterocycles. The van der Waals surface area contributed by atoms with Crippen molar-refractivity contribution in [3.63, 3.8) is 0 Å². The van der Waals surface area contributed by atoms with Crippen molar-refractivity contribution in [1.82, 2.24) is 10.2 Å². The Bertz CT molecular complexity index is 156. The predicted octanol–water partition coefficient (Wildman–Crippen LogP) is 1.71. The SMILES string of the molecule is CCCCSC(=S)N1CCNCC1. The Morgan fingerprint density at radius 3 is 2.77 bits per heavy atom. The number of thiocarbonyl (C=S) groups is 1. The van der Waals surface area contributed by atoms with Crippen molar-refractivity contribution >= 4 is 28.3 Å². The molecular weight excluding hydrogens is 200 g/mol. The lowest BCUT2D eigenvalue weighted by Crippen LogP contribution is -2.45. The number of thioether (sulfide) groups is 1. The molecule has 4 heteroatoms. The van der Waals surface area contributed by atoms with Crippen molar-refractivity contribution in [1.29, 1.82) is 0 Å². The van der Waals surface area contributed by atoms with Gasteiger partial charge in [0, 0.05) is 31.9 Å². The second-order valence-corrected chi connectivity index (χ2v) is 4.93. The van der Waals surface area contributed by atoms with E-state index >= 15 is 0 Å². The van der Waals surface area contributed by atoms with Gasteiger partial charge in [-0.25, -0.2) is 0 Å². The Hall–Kier alpha value is 0.200. The van der Waals surface area contributed by atoms with Gasteiger partial charge in [0.2, 0.25) is 0 Å². The first-order valence-electron chi connectivity index (χ1n) is 4.97. The average Bonchev–Trinajstić information content (AvgIpc) is 2.19. The molecule has 76 valence electrons. The van der Waals surface area contributed by atoms with E-state index < -0.39 is 0 Å². The summed E-state index contributed by atoms with van der Waals surface area (Å²) in [6, 6.07) is 0. The van der Waals surface area contributed by atoms with Crippen LogP contribution in [0.2, 0.25) is 0 Å². The van der Waals surface area contributed by atoms with Crippen LogP contribution in [0.1, 0.15) is 19.8 Å². The lowest BCUT2D eigenvalue weighted by atomic mass is 10.4. The molecule has 1 heterocycles. The van der Waals surface area contributed by atoms with E-state index in [9.17, 15) is 0 Å². The molecule has 1 saturated heterocycles. The van der Waals surface area contributed by atoms with Crippen molar-refractivity contribution < 1.29 is 0 Å². The van der Waals surface area contributed by atoms with Gasteiger partial charge < -0.3 is 10.2 Å². The van der Waals surface area contributed by atoms with Gasteiger partial charge in [0.25, 0.3) is 0 Å². The largest absolute Gasteiger partial charge is 0.355 e. The van der Waals surface area contributed by atoms with E-state index in [2.05, 4.69) is 17.1 Å². The number of piperazine rings is 1. The zero-order chi connectivity index (χ0) is 9.52. The summed E-state index contributed by atoms with van der Waals surface area (Å²) in [4.78, 5) is 2.31. The molecule has 2 nitrogen and oxygen atoms in total. The van der Waals surface area contributed by atoms with Crippen molar-refractivity contribution in [2.45, 2.75) is 19.8 Å². The summed E-state index contributed by atoms with van der Waals surface area (Å²) in [5.41, 5.74) is 0. The Morgan fingerprint density at radius 2 is 2.15 bits per heavy atom. The fourth-order valence-electron chi connectivity index (χ4n) is 1.24. The van der Waals surface area contributed by atoms with Crippen molar-refractivity contribution in [3.8, 4) is 0 Å². The molecule has 1 fully saturated rings. The minimum absolute atomic E-state index is 1.08. The molecule has 0 aromatic carbocycles. The molecule has 13 heavy (non-hydrogen) atoms. The maximum Gasteiger partial charge on any atom is 0.136 e. The molecule has 0 bridgehead atoms. The maximum atomic E-state index is 5.35. The van der Waals surface area contributed by atoms with Crippen LogP contribution in [-0.4, -0.2) is 41.2 Å². The highest BCUT2D eigenvalue weighted by atomic mass is 32.2. The summed E-state index contributed by atoms with van der Waals surface area (Å²) in [5, 5.41) is 3.33. The summed E-state index contributed by atoms with van der Waals surface area (Å²) in [6.45, 7) is 6.54. The van der Waals surface area contributed by atoms with Gasteiger partial charge in [0.15, 0.2) is 0 Å². The summed E-state index contributed by atoms with van der Waals surface area (Å²) < 4.78 is 1.09. The molecule has 0 aromatic rings. The fourth-order valence-corrected chi connectivity index (χ4v) is 2.65. The summed E-state index contributed by atoms with van der Waals surface area (Å²) in [6.07, 6.45) is 2.54. The molecule has 0 amide bonds. The zero-order valence-corrected chi connectivity index (χ0v) is 9.85. The van der Waals surface area contributed by atoms with E-state index in [1.165, 1.54) is 18.6 Å². The third-order valence-electron chi connectivity index (χ3n) is 2.10. The normalized spacial score (nSPS) is 17.5. The van der Waals surface area contributed by atoms with E-state index in [-0.39, 0.29) is 0 Å². The quantitative estimate of drug-likeness (QED) is 0.573. The highest BCUT2D eigenvalue weighted by Gasteiger charge is 2.12.